The summed E-state index contributed by atoms with van der Waals surface area (Å²) in [6, 6.07) is 0. The van der Waals surface area contributed by atoms with Gasteiger partial charge in [0.05, 0.1) is 0 Å². The van der Waals surface area contributed by atoms with Gasteiger partial charge in [-0.2, -0.15) is 5.41 Å². The molecule has 1 rings (SSSR count). The molecule has 0 atom stereocenters. The number of hydrogen-bond acceptors (Lipinski definition) is 0. The smallest absolute Gasteiger partial charge is 0.492 e. The minimum absolute atomic E-state index is 0. The first-order valence-electron chi connectivity index (χ1n) is 5.10. The summed E-state index contributed by atoms with van der Waals surface area (Å²) in [5.41, 5.74) is 1.83. The van der Waals surface area contributed by atoms with E-state index in [1.54, 1.807) is 5.57 Å². The molecule has 13 heavy (non-hydrogen) atoms. The molecule has 0 aromatic heterocycles. The van der Waals surface area contributed by atoms with Crippen LogP contribution in [0, 0.1) is 17.4 Å². The van der Waals surface area contributed by atoms with Gasteiger partial charge in [0.15, 0.2) is 0 Å². The van der Waals surface area contributed by atoms with Gasteiger partial charge in [-0.15, -0.1) is 0 Å². The van der Waals surface area contributed by atoms with Crippen LogP contribution in [0.5, 0.6) is 0 Å². The van der Waals surface area contributed by atoms with Crippen LogP contribution >= 0.6 is 0 Å². The van der Waals surface area contributed by atoms with Gasteiger partial charge in [0, 0.05) is 0 Å². The average Bonchev–Trinajstić information content (AvgIpc) is 1.91. The van der Waals surface area contributed by atoms with Crippen molar-refractivity contribution in [2.75, 3.05) is 0 Å². The third-order valence-electron chi connectivity index (χ3n) is 2.43. The van der Waals surface area contributed by atoms with Crippen molar-refractivity contribution in [2.45, 2.75) is 53.4 Å². The van der Waals surface area contributed by atoms with Crippen molar-refractivity contribution >= 4 is 0 Å². The molecule has 0 amide bonds. The van der Waals surface area contributed by atoms with E-state index in [2.05, 4.69) is 33.8 Å². The summed E-state index contributed by atoms with van der Waals surface area (Å²) in [5.74, 6) is 0.940. The van der Waals surface area contributed by atoms with Gasteiger partial charge in [-0.25, -0.2) is 0 Å². The van der Waals surface area contributed by atoms with Gasteiger partial charge in [-0.1, -0.05) is 40.5 Å². The fourth-order valence-electron chi connectivity index (χ4n) is 1.77. The average molecular weight is 172 g/mol. The standard InChI is InChI=1S/C12H21.Li/c1-10-5-7-11(8-6-10)9-12(2,3)4;/h10H,5-8H2,1-4H3;/q-1;+1. The predicted octanol–water partition coefficient (Wildman–Crippen LogP) is 0.976. The first-order chi connectivity index (χ1) is 5.47. The molecule has 1 saturated carbocycles. The Kier molecular flexibility index (Phi) is 5.41. The first-order valence-corrected chi connectivity index (χ1v) is 5.10. The second kappa shape index (κ2) is 5.28. The Hall–Kier alpha value is 0.337. The molecule has 0 saturated heterocycles. The SMILES string of the molecule is CC1CCC(=[C-]C(C)(C)C)CC1.[Li+]. The molecule has 0 unspecified atom stereocenters. The van der Waals surface area contributed by atoms with Gasteiger partial charge in [0.2, 0.25) is 0 Å². The van der Waals surface area contributed by atoms with Crippen LogP contribution in [0.3, 0.4) is 0 Å². The van der Waals surface area contributed by atoms with E-state index in [4.69, 9.17) is 0 Å². The van der Waals surface area contributed by atoms with E-state index in [1.165, 1.54) is 25.7 Å². The fourth-order valence-corrected chi connectivity index (χ4v) is 1.77. The van der Waals surface area contributed by atoms with Gasteiger partial charge in [0.1, 0.15) is 0 Å². The molecule has 0 radical (unpaired) electrons. The minimum atomic E-state index is 0. The maximum absolute atomic E-state index is 3.60. The van der Waals surface area contributed by atoms with E-state index >= 15 is 0 Å². The largest absolute Gasteiger partial charge is 1.00 e. The number of hydrogen-bond donors (Lipinski definition) is 0. The monoisotopic (exact) mass is 172 g/mol. The van der Waals surface area contributed by atoms with Crippen LogP contribution < -0.4 is 18.9 Å². The van der Waals surface area contributed by atoms with Crippen LogP contribution in [-0.4, -0.2) is 0 Å². The van der Waals surface area contributed by atoms with E-state index in [1.807, 2.05) is 0 Å². The van der Waals surface area contributed by atoms with Crippen LogP contribution in [-0.2, 0) is 0 Å². The molecule has 1 fully saturated rings. The van der Waals surface area contributed by atoms with Crippen LogP contribution in [0.4, 0.5) is 0 Å². The summed E-state index contributed by atoms with van der Waals surface area (Å²) >= 11 is 0. The maximum Gasteiger partial charge on any atom is 1.00 e. The van der Waals surface area contributed by atoms with Crippen LogP contribution in [0.25, 0.3) is 0 Å². The molecule has 1 heteroatoms. The molecular weight excluding hydrogens is 151 g/mol. The Balaban J connectivity index is 0.00000144. The molecule has 0 bridgehead atoms. The van der Waals surface area contributed by atoms with E-state index in [0.29, 0.717) is 0 Å². The Labute approximate surface area is 95.4 Å². The van der Waals surface area contributed by atoms with Crippen molar-refractivity contribution in [3.05, 3.63) is 11.6 Å². The van der Waals surface area contributed by atoms with Crippen molar-refractivity contribution in [3.8, 4) is 0 Å². The normalized spacial score (nSPS) is 23.7. The van der Waals surface area contributed by atoms with Gasteiger partial charge in [0.25, 0.3) is 0 Å². The molecule has 0 aromatic rings. The molecule has 0 aromatic carbocycles. The summed E-state index contributed by atoms with van der Waals surface area (Å²) in [4.78, 5) is 0. The third-order valence-corrected chi connectivity index (χ3v) is 2.43. The topological polar surface area (TPSA) is 0 Å². The summed E-state index contributed by atoms with van der Waals surface area (Å²) in [6.07, 6.45) is 8.92. The van der Waals surface area contributed by atoms with Crippen LogP contribution in [0.15, 0.2) is 5.57 Å². The van der Waals surface area contributed by atoms with Gasteiger partial charge < -0.3 is 6.08 Å². The van der Waals surface area contributed by atoms with Crippen molar-refractivity contribution in [1.82, 2.24) is 0 Å². The quantitative estimate of drug-likeness (QED) is 0.377. The van der Waals surface area contributed by atoms with Crippen molar-refractivity contribution in [1.29, 1.82) is 0 Å². The van der Waals surface area contributed by atoms with Crippen LogP contribution in [0.1, 0.15) is 53.4 Å². The van der Waals surface area contributed by atoms with E-state index < -0.39 is 0 Å². The fraction of sp³-hybridized carbons (Fsp3) is 0.833. The summed E-state index contributed by atoms with van der Waals surface area (Å²) in [5, 5.41) is 0. The maximum atomic E-state index is 3.60. The molecule has 0 heterocycles. The summed E-state index contributed by atoms with van der Waals surface area (Å²) < 4.78 is 0. The minimum Gasteiger partial charge on any atom is -0.492 e. The number of rotatable bonds is 0. The van der Waals surface area contributed by atoms with E-state index in [9.17, 15) is 0 Å². The second-order valence-corrected chi connectivity index (χ2v) is 5.16. The Morgan fingerprint density at radius 2 is 1.62 bits per heavy atom. The van der Waals surface area contributed by atoms with Crippen LogP contribution in [0.2, 0.25) is 0 Å². The molecule has 1 aliphatic carbocycles. The second-order valence-electron chi connectivity index (χ2n) is 5.16. The zero-order chi connectivity index (χ0) is 9.19. The molecular formula is C12H21Li. The molecule has 0 nitrogen and oxygen atoms in total. The zero-order valence-corrected chi connectivity index (χ0v) is 9.91. The molecule has 70 valence electrons. The van der Waals surface area contributed by atoms with Gasteiger partial charge in [-0.3, -0.25) is 5.57 Å². The summed E-state index contributed by atoms with van der Waals surface area (Å²) in [6.45, 7) is 9.06. The van der Waals surface area contributed by atoms with Crippen molar-refractivity contribution in [3.63, 3.8) is 0 Å². The van der Waals surface area contributed by atoms with Gasteiger partial charge >= 0.3 is 18.9 Å². The third kappa shape index (κ3) is 5.60. The summed E-state index contributed by atoms with van der Waals surface area (Å²) in [7, 11) is 0. The Morgan fingerprint density at radius 3 is 2.00 bits per heavy atom. The predicted molar refractivity (Wildman–Crippen MR) is 53.8 cm³/mol. The molecule has 1 aliphatic rings. The molecule has 0 spiro atoms. The van der Waals surface area contributed by atoms with Gasteiger partial charge in [-0.05, 0) is 18.8 Å². The Morgan fingerprint density at radius 1 is 1.15 bits per heavy atom. The van der Waals surface area contributed by atoms with Crippen molar-refractivity contribution < 1.29 is 18.9 Å². The zero-order valence-electron chi connectivity index (χ0n) is 9.91. The van der Waals surface area contributed by atoms with E-state index in [-0.39, 0.29) is 24.3 Å². The molecule has 0 aliphatic heterocycles. The Bertz CT molecular complexity index is 164. The van der Waals surface area contributed by atoms with Crippen molar-refractivity contribution in [2.24, 2.45) is 11.3 Å². The van der Waals surface area contributed by atoms with E-state index in [0.717, 1.165) is 5.92 Å². The molecule has 0 N–H and O–H groups in total. The first kappa shape index (κ1) is 13.3. The number of allylic oxidation sites excluding steroid dienone is 2.